The smallest absolute Gasteiger partial charge is 0.337 e. The Morgan fingerprint density at radius 1 is 1.71 bits per heavy atom. The van der Waals surface area contributed by atoms with Gasteiger partial charge in [-0.15, -0.1) is 0 Å². The van der Waals surface area contributed by atoms with Crippen LogP contribution in [0.4, 0.5) is 0 Å². The first-order chi connectivity index (χ1) is 8.19. The van der Waals surface area contributed by atoms with E-state index < -0.39 is 12.3 Å². The van der Waals surface area contributed by atoms with Crippen molar-refractivity contribution in [1.82, 2.24) is 0 Å². The highest BCUT2D eigenvalue weighted by molar-refractivity contribution is 5.89. The minimum absolute atomic E-state index is 0.00996. The van der Waals surface area contributed by atoms with Gasteiger partial charge in [0.15, 0.2) is 0 Å². The molecule has 0 aromatic rings. The summed E-state index contributed by atoms with van der Waals surface area (Å²) in [5.74, 6) is -1.05. The molecule has 0 fully saturated rings. The molecule has 92 valence electrons. The number of aliphatic hydroxyl groups excluding tert-OH is 1. The average Bonchev–Trinajstić information content (AvgIpc) is 2.74. The van der Waals surface area contributed by atoms with Gasteiger partial charge in [0.2, 0.25) is 6.29 Å². The van der Waals surface area contributed by atoms with E-state index in [0.717, 1.165) is 0 Å². The standard InChI is InChI=1S/C11H13NO5/c1-16-10(13)8-5-17-11(14)9-6(4-12-15)2-3-7(8)9/h2,5,7,9,11,14H,3-4H2,1H3. The topological polar surface area (TPSA) is 85.2 Å². The van der Waals surface area contributed by atoms with Gasteiger partial charge in [-0.25, -0.2) is 4.79 Å². The molecule has 0 bridgehead atoms. The van der Waals surface area contributed by atoms with E-state index in [0.29, 0.717) is 17.6 Å². The van der Waals surface area contributed by atoms with Crippen LogP contribution in [0.3, 0.4) is 0 Å². The summed E-state index contributed by atoms with van der Waals surface area (Å²) in [4.78, 5) is 21.8. The van der Waals surface area contributed by atoms with Gasteiger partial charge in [0.05, 0.1) is 24.9 Å². The lowest BCUT2D eigenvalue weighted by Crippen LogP contribution is -2.35. The van der Waals surface area contributed by atoms with Crippen molar-refractivity contribution in [3.05, 3.63) is 28.4 Å². The molecule has 6 heteroatoms. The molecular formula is C11H13NO5. The quantitative estimate of drug-likeness (QED) is 0.445. The zero-order valence-corrected chi connectivity index (χ0v) is 9.33. The van der Waals surface area contributed by atoms with Crippen molar-refractivity contribution in [2.24, 2.45) is 17.0 Å². The van der Waals surface area contributed by atoms with Crippen LogP contribution in [0, 0.1) is 16.7 Å². The first-order valence-corrected chi connectivity index (χ1v) is 5.29. The molecule has 0 amide bonds. The van der Waals surface area contributed by atoms with Crippen molar-refractivity contribution < 1.29 is 19.4 Å². The molecule has 0 saturated heterocycles. The first kappa shape index (κ1) is 11.8. The van der Waals surface area contributed by atoms with Crippen LogP contribution in [0.5, 0.6) is 0 Å². The van der Waals surface area contributed by atoms with Gasteiger partial charge in [-0.05, 0) is 12.0 Å². The number of carbonyl (C=O) groups excluding carboxylic acids is 1. The number of esters is 1. The predicted octanol–water partition coefficient (Wildman–Crippen LogP) is 0.721. The molecule has 0 aromatic carbocycles. The fourth-order valence-electron chi connectivity index (χ4n) is 2.40. The van der Waals surface area contributed by atoms with E-state index in [4.69, 9.17) is 4.74 Å². The third-order valence-electron chi connectivity index (χ3n) is 3.20. The molecule has 2 rings (SSSR count). The number of fused-ring (bicyclic) bond motifs is 1. The summed E-state index contributed by atoms with van der Waals surface area (Å²) in [6, 6.07) is 0. The summed E-state index contributed by atoms with van der Waals surface area (Å²) in [7, 11) is 1.29. The van der Waals surface area contributed by atoms with Crippen molar-refractivity contribution in [2.45, 2.75) is 12.7 Å². The van der Waals surface area contributed by atoms with E-state index in [1.165, 1.54) is 13.4 Å². The SMILES string of the molecule is COC(=O)C1=COC(O)C2C(CN=O)=CCC12. The molecule has 6 nitrogen and oxygen atoms in total. The Labute approximate surface area is 97.9 Å². The lowest BCUT2D eigenvalue weighted by Gasteiger charge is -2.31. The highest BCUT2D eigenvalue weighted by atomic mass is 16.6. The van der Waals surface area contributed by atoms with E-state index in [1.54, 1.807) is 0 Å². The first-order valence-electron chi connectivity index (χ1n) is 5.29. The number of hydrogen-bond acceptors (Lipinski definition) is 6. The van der Waals surface area contributed by atoms with Crippen LogP contribution in [0.1, 0.15) is 6.42 Å². The molecule has 2 aliphatic rings. The van der Waals surface area contributed by atoms with E-state index in [2.05, 4.69) is 9.91 Å². The number of nitroso groups, excluding NO2 is 1. The Bertz CT molecular complexity index is 401. The summed E-state index contributed by atoms with van der Waals surface area (Å²) in [5.41, 5.74) is 1.10. The third kappa shape index (κ3) is 1.95. The van der Waals surface area contributed by atoms with Gasteiger partial charge in [-0.3, -0.25) is 0 Å². The number of methoxy groups -OCH3 is 1. The lowest BCUT2D eigenvalue weighted by atomic mass is 9.83. The number of rotatable bonds is 3. The summed E-state index contributed by atoms with van der Waals surface area (Å²) in [6.45, 7) is 0.00996. The van der Waals surface area contributed by atoms with Crippen molar-refractivity contribution in [3.63, 3.8) is 0 Å². The van der Waals surface area contributed by atoms with Gasteiger partial charge in [0.25, 0.3) is 0 Å². The van der Waals surface area contributed by atoms with Gasteiger partial charge in [0.1, 0.15) is 6.54 Å². The molecule has 17 heavy (non-hydrogen) atoms. The maximum Gasteiger partial charge on any atom is 0.337 e. The Hall–Kier alpha value is -1.69. The molecule has 1 aliphatic heterocycles. The lowest BCUT2D eigenvalue weighted by molar-refractivity contribution is -0.141. The fourth-order valence-corrected chi connectivity index (χ4v) is 2.40. The van der Waals surface area contributed by atoms with Crippen molar-refractivity contribution in [3.8, 4) is 0 Å². The molecule has 0 radical (unpaired) electrons. The van der Waals surface area contributed by atoms with Crippen LogP contribution in [-0.4, -0.2) is 31.0 Å². The third-order valence-corrected chi connectivity index (χ3v) is 3.20. The van der Waals surface area contributed by atoms with Crippen molar-refractivity contribution in [1.29, 1.82) is 0 Å². The molecule has 1 aliphatic carbocycles. The van der Waals surface area contributed by atoms with E-state index >= 15 is 0 Å². The maximum absolute atomic E-state index is 11.5. The number of ether oxygens (including phenoxy) is 2. The Morgan fingerprint density at radius 2 is 2.47 bits per heavy atom. The molecule has 1 heterocycles. The van der Waals surface area contributed by atoms with E-state index in [-0.39, 0.29) is 18.4 Å². The number of hydrogen-bond donors (Lipinski definition) is 1. The van der Waals surface area contributed by atoms with Crippen molar-refractivity contribution in [2.75, 3.05) is 13.7 Å². The monoisotopic (exact) mass is 239 g/mol. The molecule has 0 spiro atoms. The highest BCUT2D eigenvalue weighted by Gasteiger charge is 2.43. The Balaban J connectivity index is 2.24. The molecule has 3 atom stereocenters. The van der Waals surface area contributed by atoms with Crippen LogP contribution < -0.4 is 0 Å². The molecule has 3 unspecified atom stereocenters. The van der Waals surface area contributed by atoms with Gasteiger partial charge < -0.3 is 14.6 Å². The fraction of sp³-hybridized carbons (Fsp3) is 0.545. The maximum atomic E-state index is 11.5. The van der Waals surface area contributed by atoms with Crippen molar-refractivity contribution >= 4 is 5.97 Å². The second-order valence-corrected chi connectivity index (χ2v) is 4.03. The minimum Gasteiger partial charge on any atom is -0.472 e. The molecule has 1 N–H and O–H groups in total. The van der Waals surface area contributed by atoms with Crippen LogP contribution in [-0.2, 0) is 14.3 Å². The largest absolute Gasteiger partial charge is 0.472 e. The van der Waals surface area contributed by atoms with Gasteiger partial charge in [-0.2, -0.15) is 4.91 Å². The predicted molar refractivity (Wildman–Crippen MR) is 57.5 cm³/mol. The summed E-state index contributed by atoms with van der Waals surface area (Å²) in [6.07, 6.45) is 2.61. The van der Waals surface area contributed by atoms with Gasteiger partial charge >= 0.3 is 5.97 Å². The highest BCUT2D eigenvalue weighted by Crippen LogP contribution is 2.42. The second kappa shape index (κ2) is 4.67. The van der Waals surface area contributed by atoms with E-state index in [9.17, 15) is 14.8 Å². The average molecular weight is 239 g/mol. The van der Waals surface area contributed by atoms with Gasteiger partial charge in [-0.1, -0.05) is 11.3 Å². The van der Waals surface area contributed by atoms with Gasteiger partial charge in [0, 0.05) is 5.92 Å². The number of allylic oxidation sites excluding steroid dienone is 1. The molecule has 0 aromatic heterocycles. The van der Waals surface area contributed by atoms with Crippen LogP contribution in [0.25, 0.3) is 0 Å². The molecular weight excluding hydrogens is 226 g/mol. The summed E-state index contributed by atoms with van der Waals surface area (Å²) in [5, 5.41) is 12.6. The minimum atomic E-state index is -1.04. The summed E-state index contributed by atoms with van der Waals surface area (Å²) < 4.78 is 9.66. The second-order valence-electron chi connectivity index (χ2n) is 4.03. The van der Waals surface area contributed by atoms with E-state index in [1.807, 2.05) is 6.08 Å². The molecule has 0 saturated carbocycles. The number of aliphatic hydroxyl groups is 1. The zero-order valence-electron chi connectivity index (χ0n) is 9.33. The number of nitrogens with zero attached hydrogens (tertiary/aromatic N) is 1. The van der Waals surface area contributed by atoms with Crippen LogP contribution in [0.15, 0.2) is 28.7 Å². The normalized spacial score (nSPS) is 30.8. The van der Waals surface area contributed by atoms with Crippen LogP contribution >= 0.6 is 0 Å². The zero-order chi connectivity index (χ0) is 12.4. The van der Waals surface area contributed by atoms with Crippen LogP contribution in [0.2, 0.25) is 0 Å². The Morgan fingerprint density at radius 3 is 3.12 bits per heavy atom. The Kier molecular flexibility index (Phi) is 3.23. The number of carbonyl (C=O) groups is 1. The summed E-state index contributed by atoms with van der Waals surface area (Å²) >= 11 is 0.